The third-order valence-corrected chi connectivity index (χ3v) is 2.74. The minimum absolute atomic E-state index is 0.0167. The summed E-state index contributed by atoms with van der Waals surface area (Å²) in [5.74, 6) is -4.01. The van der Waals surface area contributed by atoms with Gasteiger partial charge in [-0.3, -0.25) is 14.4 Å². The normalized spacial score (nSPS) is 12.8. The largest absolute Gasteiger partial charge is 0.481 e. The topological polar surface area (TPSA) is 150 Å². The summed E-state index contributed by atoms with van der Waals surface area (Å²) in [6.45, 7) is 2.46. The van der Waals surface area contributed by atoms with Gasteiger partial charge >= 0.3 is 11.9 Å². The minimum atomic E-state index is -1.31. The molecular weight excluding hydrogens is 296 g/mol. The van der Waals surface area contributed by atoms with E-state index in [2.05, 4.69) is 10.6 Å². The third-order valence-electron chi connectivity index (χ3n) is 2.74. The van der Waals surface area contributed by atoms with Crippen molar-refractivity contribution in [1.82, 2.24) is 10.6 Å². The number of hydrogen-bond donors (Lipinski definition) is 4. The van der Waals surface area contributed by atoms with Crippen molar-refractivity contribution in [1.29, 1.82) is 0 Å². The van der Waals surface area contributed by atoms with Crippen LogP contribution in [0.1, 0.15) is 39.5 Å². The van der Waals surface area contributed by atoms with Crippen LogP contribution < -0.4 is 10.6 Å². The molecule has 0 spiro atoms. The number of hydrogen-bond acceptors (Lipinski definition) is 5. The molecule has 0 saturated heterocycles. The van der Waals surface area contributed by atoms with E-state index < -0.39 is 35.8 Å². The summed E-state index contributed by atoms with van der Waals surface area (Å²) in [6, 6.07) is -2.43. The lowest BCUT2D eigenvalue weighted by atomic mass is 10.1. The first-order chi connectivity index (χ1) is 10.1. The van der Waals surface area contributed by atoms with E-state index in [0.29, 0.717) is 0 Å². The van der Waals surface area contributed by atoms with Crippen LogP contribution in [0, 0.1) is 0 Å². The fourth-order valence-electron chi connectivity index (χ4n) is 1.66. The van der Waals surface area contributed by atoms with Gasteiger partial charge < -0.3 is 25.6 Å². The molecule has 124 valence electrons. The van der Waals surface area contributed by atoms with Gasteiger partial charge in [-0.25, -0.2) is 4.79 Å². The van der Waals surface area contributed by atoms with Gasteiger partial charge in [0.2, 0.25) is 11.8 Å². The number of Topliss-reactive ketones (excluding diaryl/α,β-unsaturated/α-hetero) is 1. The molecule has 2 amide bonds. The number of amides is 2. The van der Waals surface area contributed by atoms with Crippen molar-refractivity contribution >= 4 is 29.5 Å². The van der Waals surface area contributed by atoms with Crippen LogP contribution in [0.3, 0.4) is 0 Å². The smallest absolute Gasteiger partial charge is 0.326 e. The predicted octanol–water partition coefficient (Wildman–Crippen LogP) is -0.705. The highest BCUT2D eigenvalue weighted by Gasteiger charge is 2.26. The highest BCUT2D eigenvalue weighted by Crippen LogP contribution is 2.03. The molecular formula is C13H20N2O7. The number of nitrogens with one attached hydrogen (secondary N) is 2. The Morgan fingerprint density at radius 2 is 1.41 bits per heavy atom. The predicted molar refractivity (Wildman–Crippen MR) is 74.0 cm³/mol. The van der Waals surface area contributed by atoms with E-state index in [9.17, 15) is 24.0 Å². The molecule has 0 rings (SSSR count). The minimum Gasteiger partial charge on any atom is -0.481 e. The highest BCUT2D eigenvalue weighted by atomic mass is 16.4. The summed E-state index contributed by atoms with van der Waals surface area (Å²) in [7, 11) is 0. The van der Waals surface area contributed by atoms with Gasteiger partial charge in [-0.05, 0) is 19.8 Å². The van der Waals surface area contributed by atoms with Gasteiger partial charge in [0.15, 0.2) is 0 Å². The molecule has 0 aromatic carbocycles. The number of rotatable bonds is 10. The second-order valence-electron chi connectivity index (χ2n) is 4.83. The van der Waals surface area contributed by atoms with E-state index in [4.69, 9.17) is 10.2 Å². The van der Waals surface area contributed by atoms with Gasteiger partial charge in [0.1, 0.15) is 17.9 Å². The first-order valence-corrected chi connectivity index (χ1v) is 6.65. The zero-order valence-electron chi connectivity index (χ0n) is 12.4. The third kappa shape index (κ3) is 8.67. The van der Waals surface area contributed by atoms with Crippen LogP contribution in [-0.2, 0) is 24.0 Å². The van der Waals surface area contributed by atoms with Crippen LogP contribution in [0.5, 0.6) is 0 Å². The lowest BCUT2D eigenvalue weighted by molar-refractivity contribution is -0.143. The van der Waals surface area contributed by atoms with Gasteiger partial charge in [-0.1, -0.05) is 0 Å². The zero-order valence-corrected chi connectivity index (χ0v) is 12.4. The summed E-state index contributed by atoms with van der Waals surface area (Å²) in [5.41, 5.74) is 0. The first-order valence-electron chi connectivity index (χ1n) is 6.65. The number of carboxylic acids is 2. The molecule has 0 aliphatic heterocycles. The molecule has 4 N–H and O–H groups in total. The number of ketones is 1. The van der Waals surface area contributed by atoms with Crippen LogP contribution in [-0.4, -0.2) is 51.8 Å². The van der Waals surface area contributed by atoms with Crippen molar-refractivity contribution in [3.63, 3.8) is 0 Å². The molecule has 0 heterocycles. The Hall–Kier alpha value is -2.45. The molecule has 9 heteroatoms. The Morgan fingerprint density at radius 3 is 1.82 bits per heavy atom. The summed E-state index contributed by atoms with van der Waals surface area (Å²) >= 11 is 0. The van der Waals surface area contributed by atoms with Crippen LogP contribution >= 0.6 is 0 Å². The molecule has 0 aromatic heterocycles. The average molecular weight is 316 g/mol. The van der Waals surface area contributed by atoms with E-state index in [1.165, 1.54) is 6.92 Å². The van der Waals surface area contributed by atoms with Gasteiger partial charge in [-0.2, -0.15) is 0 Å². The molecule has 9 nitrogen and oxygen atoms in total. The van der Waals surface area contributed by atoms with Crippen molar-refractivity contribution in [2.75, 3.05) is 0 Å². The highest BCUT2D eigenvalue weighted by molar-refractivity contribution is 5.90. The van der Waals surface area contributed by atoms with Crippen molar-refractivity contribution in [2.45, 2.75) is 51.6 Å². The fourth-order valence-corrected chi connectivity index (χ4v) is 1.66. The molecule has 2 atom stereocenters. The van der Waals surface area contributed by atoms with Crippen molar-refractivity contribution < 1.29 is 34.2 Å². The molecule has 2 unspecified atom stereocenters. The number of aliphatic carboxylic acids is 2. The van der Waals surface area contributed by atoms with Crippen molar-refractivity contribution in [3.8, 4) is 0 Å². The molecule has 0 fully saturated rings. The van der Waals surface area contributed by atoms with Crippen molar-refractivity contribution in [2.24, 2.45) is 0 Å². The molecule has 0 aliphatic carbocycles. The second kappa shape index (κ2) is 9.48. The number of carbonyl (C=O) groups is 5. The van der Waals surface area contributed by atoms with E-state index in [1.807, 2.05) is 0 Å². The molecule has 0 radical (unpaired) electrons. The van der Waals surface area contributed by atoms with Gasteiger partial charge in [-0.15, -0.1) is 0 Å². The monoisotopic (exact) mass is 316 g/mol. The number of carboxylic acid groups (broad SMARTS) is 2. The SMILES string of the molecule is CC(=O)CCC(NC(=O)C(CCC(=O)O)NC(C)=O)C(=O)O. The summed E-state index contributed by atoms with van der Waals surface area (Å²) in [6.07, 6.45) is -0.622. The molecule has 22 heavy (non-hydrogen) atoms. The van der Waals surface area contributed by atoms with Gasteiger partial charge in [0.05, 0.1) is 0 Å². The average Bonchev–Trinajstić information content (AvgIpc) is 2.37. The fraction of sp³-hybridized carbons (Fsp3) is 0.615. The van der Waals surface area contributed by atoms with Crippen LogP contribution in [0.25, 0.3) is 0 Å². The van der Waals surface area contributed by atoms with E-state index in [1.54, 1.807) is 0 Å². The lowest BCUT2D eigenvalue weighted by Crippen LogP contribution is -2.51. The van der Waals surface area contributed by atoms with E-state index in [0.717, 1.165) is 6.92 Å². The Morgan fingerprint density at radius 1 is 0.864 bits per heavy atom. The standard InChI is InChI=1S/C13H20N2O7/c1-7(16)3-4-10(13(21)22)15-12(20)9(14-8(2)17)5-6-11(18)19/h9-10H,3-6H2,1-2H3,(H,14,17)(H,15,20)(H,18,19)(H,21,22). The first kappa shape index (κ1) is 19.6. The maximum absolute atomic E-state index is 12.0. The Bertz CT molecular complexity index is 461. The molecule has 0 aliphatic rings. The Kier molecular flexibility index (Phi) is 8.42. The second-order valence-corrected chi connectivity index (χ2v) is 4.83. The Labute approximate surface area is 127 Å². The van der Waals surface area contributed by atoms with E-state index in [-0.39, 0.29) is 31.5 Å². The van der Waals surface area contributed by atoms with Gasteiger partial charge in [0.25, 0.3) is 0 Å². The quantitative estimate of drug-likeness (QED) is 0.416. The maximum atomic E-state index is 12.0. The Balaban J connectivity index is 4.79. The van der Waals surface area contributed by atoms with Gasteiger partial charge in [0, 0.05) is 19.8 Å². The summed E-state index contributed by atoms with van der Waals surface area (Å²) in [4.78, 5) is 55.5. The summed E-state index contributed by atoms with van der Waals surface area (Å²) < 4.78 is 0. The van der Waals surface area contributed by atoms with Crippen LogP contribution in [0.15, 0.2) is 0 Å². The lowest BCUT2D eigenvalue weighted by Gasteiger charge is -2.20. The number of carbonyl (C=O) groups excluding carboxylic acids is 3. The van der Waals surface area contributed by atoms with Crippen LogP contribution in [0.4, 0.5) is 0 Å². The molecule has 0 aromatic rings. The molecule has 0 bridgehead atoms. The van der Waals surface area contributed by atoms with E-state index >= 15 is 0 Å². The molecule has 0 saturated carbocycles. The maximum Gasteiger partial charge on any atom is 0.326 e. The summed E-state index contributed by atoms with van der Waals surface area (Å²) in [5, 5.41) is 22.1. The zero-order chi connectivity index (χ0) is 17.3. The van der Waals surface area contributed by atoms with Crippen molar-refractivity contribution in [3.05, 3.63) is 0 Å². The van der Waals surface area contributed by atoms with Crippen LogP contribution in [0.2, 0.25) is 0 Å².